The van der Waals surface area contributed by atoms with E-state index in [2.05, 4.69) is 5.10 Å². The Labute approximate surface area is 105 Å². The molecule has 5 heteroatoms. The quantitative estimate of drug-likeness (QED) is 0.600. The van der Waals surface area contributed by atoms with Gasteiger partial charge in [0, 0.05) is 6.21 Å². The largest absolute Gasteiger partial charge is 0.465 e. The Bertz CT molecular complexity index is 511. The molecular formula is C13H14N2O3. The predicted molar refractivity (Wildman–Crippen MR) is 67.3 cm³/mol. The van der Waals surface area contributed by atoms with Gasteiger partial charge in [-0.05, 0) is 31.5 Å². The zero-order chi connectivity index (χ0) is 13.1. The van der Waals surface area contributed by atoms with Gasteiger partial charge in [0.1, 0.15) is 0 Å². The van der Waals surface area contributed by atoms with Crippen LogP contribution in [-0.4, -0.2) is 24.7 Å². The van der Waals surface area contributed by atoms with Crippen LogP contribution in [-0.2, 0) is 14.3 Å². The Balaban J connectivity index is 2.18. The molecule has 0 bridgehead atoms. The van der Waals surface area contributed by atoms with Gasteiger partial charge in [-0.25, -0.2) is 0 Å². The molecule has 1 atom stereocenters. The number of nitrogens with zero attached hydrogens (tertiary/aromatic N) is 2. The number of hydrogen-bond donors (Lipinski definition) is 0. The summed E-state index contributed by atoms with van der Waals surface area (Å²) in [4.78, 5) is 23.6. The van der Waals surface area contributed by atoms with Gasteiger partial charge in [0.05, 0.1) is 12.3 Å². The standard InChI is InChI=1S/C13H14N2O3/c1-3-18-13(17)11-8-14-15(12(11)16)10-6-4-5-9(2)7-10/h4-8,11H,3H2,1-2H3. The van der Waals surface area contributed by atoms with Crippen molar-refractivity contribution in [1.82, 2.24) is 0 Å². The Morgan fingerprint density at radius 2 is 2.28 bits per heavy atom. The number of carbonyl (C=O) groups is 2. The van der Waals surface area contributed by atoms with Gasteiger partial charge < -0.3 is 4.74 Å². The molecule has 0 N–H and O–H groups in total. The van der Waals surface area contributed by atoms with Gasteiger partial charge in [0.2, 0.25) is 0 Å². The molecule has 0 aliphatic carbocycles. The zero-order valence-corrected chi connectivity index (χ0v) is 10.3. The molecule has 1 amide bonds. The van der Waals surface area contributed by atoms with Gasteiger partial charge in [0.25, 0.3) is 5.91 Å². The summed E-state index contributed by atoms with van der Waals surface area (Å²) in [5.74, 6) is -1.86. The maximum Gasteiger partial charge on any atom is 0.324 e. The van der Waals surface area contributed by atoms with Crippen molar-refractivity contribution in [3.63, 3.8) is 0 Å². The predicted octanol–water partition coefficient (Wildman–Crippen LogP) is 1.51. The van der Waals surface area contributed by atoms with Gasteiger partial charge in [0.15, 0.2) is 5.92 Å². The summed E-state index contributed by atoms with van der Waals surface area (Å²) in [6, 6.07) is 7.38. The second kappa shape index (κ2) is 5.00. The molecule has 94 valence electrons. The van der Waals surface area contributed by atoms with E-state index < -0.39 is 11.9 Å². The van der Waals surface area contributed by atoms with Crippen molar-refractivity contribution >= 4 is 23.8 Å². The first-order valence-corrected chi connectivity index (χ1v) is 5.75. The first-order valence-electron chi connectivity index (χ1n) is 5.75. The number of benzene rings is 1. The first kappa shape index (κ1) is 12.3. The third kappa shape index (κ3) is 2.25. The van der Waals surface area contributed by atoms with Crippen molar-refractivity contribution in [2.45, 2.75) is 13.8 Å². The minimum Gasteiger partial charge on any atom is -0.465 e. The first-order chi connectivity index (χ1) is 8.63. The number of rotatable bonds is 3. The van der Waals surface area contributed by atoms with Crippen molar-refractivity contribution in [3.8, 4) is 0 Å². The van der Waals surface area contributed by atoms with Crippen LogP contribution < -0.4 is 5.01 Å². The van der Waals surface area contributed by atoms with E-state index in [-0.39, 0.29) is 12.5 Å². The second-order valence-corrected chi connectivity index (χ2v) is 3.98. The summed E-state index contributed by atoms with van der Waals surface area (Å²) in [6.07, 6.45) is 1.32. The summed E-state index contributed by atoms with van der Waals surface area (Å²) in [5.41, 5.74) is 1.68. The van der Waals surface area contributed by atoms with Gasteiger partial charge >= 0.3 is 5.97 Å². The van der Waals surface area contributed by atoms with Gasteiger partial charge in [-0.2, -0.15) is 10.1 Å². The fourth-order valence-electron chi connectivity index (χ4n) is 1.73. The van der Waals surface area contributed by atoms with Crippen LogP contribution in [0.1, 0.15) is 12.5 Å². The number of anilines is 1. The summed E-state index contributed by atoms with van der Waals surface area (Å²) in [7, 11) is 0. The number of ether oxygens (including phenoxy) is 1. The monoisotopic (exact) mass is 246 g/mol. The number of esters is 1. The highest BCUT2D eigenvalue weighted by atomic mass is 16.5. The maximum absolute atomic E-state index is 12.0. The Morgan fingerprint density at radius 1 is 1.50 bits per heavy atom. The maximum atomic E-state index is 12.0. The number of aryl methyl sites for hydroxylation is 1. The molecule has 18 heavy (non-hydrogen) atoms. The van der Waals surface area contributed by atoms with E-state index in [4.69, 9.17) is 4.74 Å². The van der Waals surface area contributed by atoms with Crippen molar-refractivity contribution < 1.29 is 14.3 Å². The lowest BCUT2D eigenvalue weighted by atomic mass is 10.1. The van der Waals surface area contributed by atoms with E-state index in [0.717, 1.165) is 5.56 Å². The second-order valence-electron chi connectivity index (χ2n) is 3.98. The van der Waals surface area contributed by atoms with Crippen molar-refractivity contribution in [2.75, 3.05) is 11.6 Å². The fraction of sp³-hybridized carbons (Fsp3) is 0.308. The lowest BCUT2D eigenvalue weighted by Gasteiger charge is -2.14. The van der Waals surface area contributed by atoms with Crippen LogP contribution in [0, 0.1) is 12.8 Å². The summed E-state index contributed by atoms with van der Waals surface area (Å²) < 4.78 is 4.83. The van der Waals surface area contributed by atoms with Crippen LogP contribution in [0.15, 0.2) is 29.4 Å². The Morgan fingerprint density at radius 3 is 2.94 bits per heavy atom. The van der Waals surface area contributed by atoms with E-state index in [9.17, 15) is 9.59 Å². The average molecular weight is 246 g/mol. The summed E-state index contributed by atoms with van der Waals surface area (Å²) >= 11 is 0. The highest BCUT2D eigenvalue weighted by Crippen LogP contribution is 2.22. The van der Waals surface area contributed by atoms with Gasteiger partial charge in [-0.1, -0.05) is 12.1 Å². The normalized spacial score (nSPS) is 18.2. The van der Waals surface area contributed by atoms with E-state index >= 15 is 0 Å². The molecule has 1 aromatic carbocycles. The number of amides is 1. The van der Waals surface area contributed by atoms with Crippen LogP contribution in [0.3, 0.4) is 0 Å². The molecule has 1 heterocycles. The Kier molecular flexibility index (Phi) is 3.41. The third-order valence-corrected chi connectivity index (χ3v) is 2.59. The van der Waals surface area contributed by atoms with Crippen LogP contribution in [0.5, 0.6) is 0 Å². The lowest BCUT2D eigenvalue weighted by Crippen LogP contribution is -2.32. The average Bonchev–Trinajstić information content (AvgIpc) is 2.71. The van der Waals surface area contributed by atoms with Gasteiger partial charge in [-0.15, -0.1) is 0 Å². The van der Waals surface area contributed by atoms with E-state index in [1.807, 2.05) is 25.1 Å². The zero-order valence-electron chi connectivity index (χ0n) is 10.3. The molecule has 2 rings (SSSR count). The molecule has 0 saturated carbocycles. The minimum absolute atomic E-state index is 0.251. The van der Waals surface area contributed by atoms with E-state index in [0.29, 0.717) is 5.69 Å². The highest BCUT2D eigenvalue weighted by molar-refractivity contribution is 6.19. The molecule has 1 aromatic rings. The fourth-order valence-corrected chi connectivity index (χ4v) is 1.73. The molecule has 0 saturated heterocycles. The molecule has 1 unspecified atom stereocenters. The molecule has 1 aliphatic rings. The third-order valence-electron chi connectivity index (χ3n) is 2.59. The molecule has 1 aliphatic heterocycles. The SMILES string of the molecule is CCOC(=O)C1C=NN(c2cccc(C)c2)C1=O. The molecule has 5 nitrogen and oxygen atoms in total. The number of hydrazone groups is 1. The van der Waals surface area contributed by atoms with E-state index in [1.165, 1.54) is 11.2 Å². The van der Waals surface area contributed by atoms with Crippen LogP contribution in [0.25, 0.3) is 0 Å². The molecular weight excluding hydrogens is 232 g/mol. The van der Waals surface area contributed by atoms with Crippen LogP contribution >= 0.6 is 0 Å². The Hall–Kier alpha value is -2.17. The van der Waals surface area contributed by atoms with Gasteiger partial charge in [-0.3, -0.25) is 9.59 Å². The molecule has 0 aromatic heterocycles. The highest BCUT2D eigenvalue weighted by Gasteiger charge is 2.36. The molecule has 0 fully saturated rings. The summed E-state index contributed by atoms with van der Waals surface area (Å²) in [5, 5.41) is 5.20. The van der Waals surface area contributed by atoms with Crippen molar-refractivity contribution in [2.24, 2.45) is 11.0 Å². The number of carbonyl (C=O) groups excluding carboxylic acids is 2. The topological polar surface area (TPSA) is 59.0 Å². The van der Waals surface area contributed by atoms with Crippen molar-refractivity contribution in [3.05, 3.63) is 29.8 Å². The summed E-state index contributed by atoms with van der Waals surface area (Å²) in [6.45, 7) is 3.88. The molecule has 0 spiro atoms. The van der Waals surface area contributed by atoms with E-state index in [1.54, 1.807) is 13.0 Å². The number of hydrogen-bond acceptors (Lipinski definition) is 4. The van der Waals surface area contributed by atoms with Crippen LogP contribution in [0.2, 0.25) is 0 Å². The lowest BCUT2D eigenvalue weighted by molar-refractivity contribution is -0.147. The minimum atomic E-state index is -0.925. The smallest absolute Gasteiger partial charge is 0.324 e. The molecule has 0 radical (unpaired) electrons. The van der Waals surface area contributed by atoms with Crippen molar-refractivity contribution in [1.29, 1.82) is 0 Å². The van der Waals surface area contributed by atoms with Crippen LogP contribution in [0.4, 0.5) is 5.69 Å².